The van der Waals surface area contributed by atoms with Crippen LogP contribution in [0, 0.1) is 22.7 Å². The molecule has 0 bridgehead atoms. The van der Waals surface area contributed by atoms with Crippen molar-refractivity contribution < 1.29 is 4.74 Å². The molecular weight excluding hydrogens is 172 g/mol. The molecule has 0 amide bonds. The minimum absolute atomic E-state index is 0.355. The van der Waals surface area contributed by atoms with Crippen molar-refractivity contribution in [3.05, 3.63) is 0 Å². The molecule has 1 heteroatoms. The van der Waals surface area contributed by atoms with Gasteiger partial charge in [-0.25, -0.2) is 0 Å². The van der Waals surface area contributed by atoms with Crippen LogP contribution in [0.4, 0.5) is 0 Å². The van der Waals surface area contributed by atoms with Gasteiger partial charge in [-0.3, -0.25) is 0 Å². The maximum atomic E-state index is 5.83. The van der Waals surface area contributed by atoms with Crippen LogP contribution in [-0.4, -0.2) is 12.7 Å². The molecule has 3 atom stereocenters. The summed E-state index contributed by atoms with van der Waals surface area (Å²) in [6.45, 7) is 17.2. The molecule has 0 aromatic carbocycles. The second kappa shape index (κ2) is 3.52. The smallest absolute Gasteiger partial charge is 0.0584 e. The lowest BCUT2D eigenvalue weighted by Gasteiger charge is -2.39. The van der Waals surface area contributed by atoms with Crippen molar-refractivity contribution >= 4 is 0 Å². The van der Waals surface area contributed by atoms with Crippen molar-refractivity contribution in [1.82, 2.24) is 0 Å². The summed E-state index contributed by atoms with van der Waals surface area (Å²) in [4.78, 5) is 0. The van der Waals surface area contributed by atoms with E-state index in [0.29, 0.717) is 28.8 Å². The van der Waals surface area contributed by atoms with E-state index >= 15 is 0 Å². The van der Waals surface area contributed by atoms with Crippen LogP contribution < -0.4 is 0 Å². The lowest BCUT2D eigenvalue weighted by molar-refractivity contribution is 0.0662. The summed E-state index contributed by atoms with van der Waals surface area (Å²) >= 11 is 0. The largest absolute Gasteiger partial charge is 0.378 e. The molecule has 0 N–H and O–H groups in total. The summed E-state index contributed by atoms with van der Waals surface area (Å²) in [7, 11) is 0. The minimum atomic E-state index is 0.355. The summed E-state index contributed by atoms with van der Waals surface area (Å²) in [5, 5.41) is 0. The number of hydrogen-bond donors (Lipinski definition) is 0. The van der Waals surface area contributed by atoms with Crippen LogP contribution in [0.1, 0.15) is 48.5 Å². The van der Waals surface area contributed by atoms with Gasteiger partial charge in [0.1, 0.15) is 0 Å². The van der Waals surface area contributed by atoms with E-state index < -0.39 is 0 Å². The first kappa shape index (κ1) is 12.0. The molecule has 0 spiro atoms. The first-order valence-electron chi connectivity index (χ1n) is 5.75. The van der Waals surface area contributed by atoms with Crippen molar-refractivity contribution in [2.75, 3.05) is 6.61 Å². The molecule has 1 heterocycles. The van der Waals surface area contributed by atoms with Crippen LogP contribution in [-0.2, 0) is 4.74 Å². The van der Waals surface area contributed by atoms with Crippen LogP contribution in [0.5, 0.6) is 0 Å². The summed E-state index contributed by atoms with van der Waals surface area (Å²) in [6, 6.07) is 0. The zero-order valence-corrected chi connectivity index (χ0v) is 10.8. The molecule has 1 aliphatic rings. The highest BCUT2D eigenvalue weighted by Gasteiger charge is 2.46. The molecule has 1 fully saturated rings. The number of rotatable bonds is 0. The van der Waals surface area contributed by atoms with Crippen molar-refractivity contribution in [2.45, 2.75) is 54.6 Å². The Morgan fingerprint density at radius 2 is 1.43 bits per heavy atom. The molecule has 0 radical (unpaired) electrons. The van der Waals surface area contributed by atoms with Crippen LogP contribution in [0.15, 0.2) is 0 Å². The van der Waals surface area contributed by atoms with Gasteiger partial charge in [-0.05, 0) is 29.6 Å². The van der Waals surface area contributed by atoms with E-state index in [4.69, 9.17) is 4.74 Å². The Labute approximate surface area is 89.2 Å². The molecule has 1 saturated heterocycles. The lowest BCUT2D eigenvalue weighted by Crippen LogP contribution is -2.37. The fourth-order valence-corrected chi connectivity index (χ4v) is 2.89. The fourth-order valence-electron chi connectivity index (χ4n) is 2.89. The van der Waals surface area contributed by atoms with Gasteiger partial charge in [0.25, 0.3) is 0 Å². The number of hydrogen-bond acceptors (Lipinski definition) is 1. The molecule has 0 saturated carbocycles. The predicted octanol–water partition coefficient (Wildman–Crippen LogP) is 3.73. The minimum Gasteiger partial charge on any atom is -0.378 e. The first-order chi connectivity index (χ1) is 6.14. The second-order valence-corrected chi connectivity index (χ2v) is 6.90. The van der Waals surface area contributed by atoms with Gasteiger partial charge >= 0.3 is 0 Å². The Bertz CT molecular complexity index is 194. The zero-order valence-electron chi connectivity index (χ0n) is 10.8. The molecule has 0 aromatic heterocycles. The van der Waals surface area contributed by atoms with Crippen LogP contribution in [0.25, 0.3) is 0 Å². The molecule has 1 unspecified atom stereocenters. The van der Waals surface area contributed by atoms with E-state index in [0.717, 1.165) is 6.61 Å². The van der Waals surface area contributed by atoms with Gasteiger partial charge in [0.15, 0.2) is 0 Å². The van der Waals surface area contributed by atoms with Crippen LogP contribution in [0.3, 0.4) is 0 Å². The molecule has 0 aliphatic carbocycles. The molecular formula is C13H26O. The molecule has 84 valence electrons. The van der Waals surface area contributed by atoms with Crippen molar-refractivity contribution in [1.29, 1.82) is 0 Å². The summed E-state index contributed by atoms with van der Waals surface area (Å²) in [5.41, 5.74) is 0.719. The van der Waals surface area contributed by atoms with Crippen molar-refractivity contribution in [2.24, 2.45) is 22.7 Å². The van der Waals surface area contributed by atoms with Gasteiger partial charge in [0.05, 0.1) is 12.7 Å². The average Bonchev–Trinajstić information content (AvgIpc) is 2.27. The first-order valence-corrected chi connectivity index (χ1v) is 5.75. The van der Waals surface area contributed by atoms with E-state index in [1.807, 2.05) is 0 Å². The lowest BCUT2D eigenvalue weighted by atomic mass is 9.64. The maximum absolute atomic E-state index is 5.83. The topological polar surface area (TPSA) is 9.23 Å². The Morgan fingerprint density at radius 3 is 1.71 bits per heavy atom. The van der Waals surface area contributed by atoms with E-state index in [1.54, 1.807) is 0 Å². The van der Waals surface area contributed by atoms with Gasteiger partial charge in [-0.2, -0.15) is 0 Å². The van der Waals surface area contributed by atoms with Gasteiger partial charge in [0.2, 0.25) is 0 Å². The van der Waals surface area contributed by atoms with E-state index in [9.17, 15) is 0 Å². The summed E-state index contributed by atoms with van der Waals surface area (Å²) in [6.07, 6.45) is 0.416. The molecule has 14 heavy (non-hydrogen) atoms. The second-order valence-electron chi connectivity index (χ2n) is 6.90. The predicted molar refractivity (Wildman–Crippen MR) is 61.3 cm³/mol. The fraction of sp³-hybridized carbons (Fsp3) is 1.00. The highest BCUT2D eigenvalue weighted by atomic mass is 16.5. The Kier molecular flexibility index (Phi) is 3.02. The quantitative estimate of drug-likeness (QED) is 0.576. The van der Waals surface area contributed by atoms with E-state index in [-0.39, 0.29) is 0 Å². The normalized spacial score (nSPS) is 34.9. The third-order valence-corrected chi connectivity index (χ3v) is 3.59. The highest BCUT2D eigenvalue weighted by Crippen LogP contribution is 2.47. The standard InChI is InChI=1S/C13H26O/c1-9-11(13(5,6)7)10(8-14-9)12(2,3)4/h9-11H,8H2,1-7H3/t9-,10+,11?/m0/s1. The van der Waals surface area contributed by atoms with Crippen molar-refractivity contribution in [3.8, 4) is 0 Å². The SMILES string of the molecule is C[C@@H]1OC[C@@H](C(C)(C)C)C1C(C)(C)C. The van der Waals surface area contributed by atoms with E-state index in [1.165, 1.54) is 0 Å². The molecule has 0 aromatic rings. The average molecular weight is 198 g/mol. The highest BCUT2D eigenvalue weighted by molar-refractivity contribution is 4.93. The third-order valence-electron chi connectivity index (χ3n) is 3.59. The zero-order chi connectivity index (χ0) is 11.1. The van der Waals surface area contributed by atoms with Gasteiger partial charge in [-0.15, -0.1) is 0 Å². The summed E-state index contributed by atoms with van der Waals surface area (Å²) < 4.78 is 5.83. The number of ether oxygens (including phenoxy) is 1. The molecule has 1 rings (SSSR count). The van der Waals surface area contributed by atoms with Crippen LogP contribution >= 0.6 is 0 Å². The third kappa shape index (κ3) is 2.31. The van der Waals surface area contributed by atoms with E-state index in [2.05, 4.69) is 48.5 Å². The Morgan fingerprint density at radius 1 is 0.929 bits per heavy atom. The Balaban J connectivity index is 2.88. The molecule has 1 aliphatic heterocycles. The molecule has 1 nitrogen and oxygen atoms in total. The monoisotopic (exact) mass is 198 g/mol. The maximum Gasteiger partial charge on any atom is 0.0584 e. The van der Waals surface area contributed by atoms with Gasteiger partial charge < -0.3 is 4.74 Å². The van der Waals surface area contributed by atoms with Crippen molar-refractivity contribution in [3.63, 3.8) is 0 Å². The Hall–Kier alpha value is -0.0400. The van der Waals surface area contributed by atoms with Gasteiger partial charge in [-0.1, -0.05) is 41.5 Å². The summed E-state index contributed by atoms with van der Waals surface area (Å²) in [5.74, 6) is 1.37. The van der Waals surface area contributed by atoms with Gasteiger partial charge in [0, 0.05) is 0 Å². The van der Waals surface area contributed by atoms with Crippen LogP contribution in [0.2, 0.25) is 0 Å².